The molecule has 9 heteroatoms. The lowest BCUT2D eigenvalue weighted by Crippen LogP contribution is -2.50. The van der Waals surface area contributed by atoms with Crippen LogP contribution in [0.5, 0.6) is 5.75 Å². The summed E-state index contributed by atoms with van der Waals surface area (Å²) >= 11 is 0. The van der Waals surface area contributed by atoms with Crippen LogP contribution in [-0.4, -0.2) is 69.5 Å². The van der Waals surface area contributed by atoms with Crippen LogP contribution in [0, 0.1) is 5.82 Å². The SMILES string of the molecule is CCOCCOc1ccccc1C(=O)N1CCN(S(=O)(=O)c2cccc(F)c2)CC1. The number of amides is 1. The highest BCUT2D eigenvalue weighted by atomic mass is 32.2. The Bertz CT molecular complexity index is 975. The average molecular weight is 437 g/mol. The third kappa shape index (κ3) is 5.16. The van der Waals surface area contributed by atoms with Gasteiger partial charge in [0.15, 0.2) is 0 Å². The number of halogens is 1. The van der Waals surface area contributed by atoms with Crippen molar-refractivity contribution in [2.24, 2.45) is 0 Å². The van der Waals surface area contributed by atoms with Crippen LogP contribution in [0.1, 0.15) is 17.3 Å². The van der Waals surface area contributed by atoms with Crippen molar-refractivity contribution < 1.29 is 27.1 Å². The molecule has 1 aliphatic heterocycles. The Labute approximate surface area is 176 Å². The van der Waals surface area contributed by atoms with Crippen molar-refractivity contribution in [2.75, 3.05) is 46.0 Å². The van der Waals surface area contributed by atoms with Crippen molar-refractivity contribution in [3.05, 3.63) is 59.9 Å². The highest BCUT2D eigenvalue weighted by Crippen LogP contribution is 2.23. The number of carbonyl (C=O) groups excluding carboxylic acids is 1. The van der Waals surface area contributed by atoms with E-state index in [9.17, 15) is 17.6 Å². The predicted octanol–water partition coefficient (Wildman–Crippen LogP) is 2.39. The highest BCUT2D eigenvalue weighted by Gasteiger charge is 2.31. The molecule has 0 atom stereocenters. The Hall–Kier alpha value is -2.49. The van der Waals surface area contributed by atoms with E-state index in [0.29, 0.717) is 31.1 Å². The van der Waals surface area contributed by atoms with Gasteiger partial charge in [-0.25, -0.2) is 12.8 Å². The molecule has 2 aromatic rings. The number of para-hydroxylation sites is 1. The van der Waals surface area contributed by atoms with E-state index in [1.807, 2.05) is 6.92 Å². The Balaban J connectivity index is 1.65. The number of piperazine rings is 1. The molecule has 7 nitrogen and oxygen atoms in total. The van der Waals surface area contributed by atoms with Crippen molar-refractivity contribution in [2.45, 2.75) is 11.8 Å². The summed E-state index contributed by atoms with van der Waals surface area (Å²) in [5.74, 6) is -0.354. The summed E-state index contributed by atoms with van der Waals surface area (Å²) in [6.45, 7) is 3.99. The van der Waals surface area contributed by atoms with Crippen LogP contribution in [0.3, 0.4) is 0 Å². The molecule has 1 amide bonds. The Kier molecular flexibility index (Phi) is 7.41. The summed E-state index contributed by atoms with van der Waals surface area (Å²) in [7, 11) is -3.81. The third-order valence-corrected chi connectivity index (χ3v) is 6.66. The Morgan fingerprint density at radius 1 is 1.03 bits per heavy atom. The van der Waals surface area contributed by atoms with Crippen molar-refractivity contribution in [3.8, 4) is 5.75 Å². The minimum atomic E-state index is -3.81. The van der Waals surface area contributed by atoms with Gasteiger partial charge in [0.1, 0.15) is 18.2 Å². The van der Waals surface area contributed by atoms with Gasteiger partial charge in [-0.2, -0.15) is 4.31 Å². The number of hydrogen-bond acceptors (Lipinski definition) is 5. The summed E-state index contributed by atoms with van der Waals surface area (Å²) in [5, 5.41) is 0. The van der Waals surface area contributed by atoms with Crippen LogP contribution < -0.4 is 4.74 Å². The van der Waals surface area contributed by atoms with Crippen molar-refractivity contribution >= 4 is 15.9 Å². The van der Waals surface area contributed by atoms with Gasteiger partial charge >= 0.3 is 0 Å². The Morgan fingerprint density at radius 2 is 1.77 bits per heavy atom. The molecule has 1 fully saturated rings. The molecule has 0 aliphatic carbocycles. The molecule has 1 saturated heterocycles. The van der Waals surface area contributed by atoms with Crippen LogP contribution >= 0.6 is 0 Å². The molecule has 2 aromatic carbocycles. The van der Waals surface area contributed by atoms with E-state index in [1.54, 1.807) is 29.2 Å². The smallest absolute Gasteiger partial charge is 0.257 e. The fourth-order valence-corrected chi connectivity index (χ4v) is 4.66. The zero-order valence-corrected chi connectivity index (χ0v) is 17.6. The van der Waals surface area contributed by atoms with Gasteiger partial charge in [-0.05, 0) is 37.3 Å². The first-order valence-electron chi connectivity index (χ1n) is 9.78. The first kappa shape index (κ1) is 22.2. The number of benzene rings is 2. The van der Waals surface area contributed by atoms with Crippen LogP contribution in [0.4, 0.5) is 4.39 Å². The largest absolute Gasteiger partial charge is 0.490 e. The number of sulfonamides is 1. The van der Waals surface area contributed by atoms with Gasteiger partial charge in [0.05, 0.1) is 17.1 Å². The third-order valence-electron chi connectivity index (χ3n) is 4.77. The van der Waals surface area contributed by atoms with Gasteiger partial charge < -0.3 is 14.4 Å². The maximum absolute atomic E-state index is 13.4. The second-order valence-electron chi connectivity index (χ2n) is 6.70. The lowest BCUT2D eigenvalue weighted by molar-refractivity contribution is 0.0688. The molecule has 0 bridgehead atoms. The van der Waals surface area contributed by atoms with Crippen LogP contribution in [0.15, 0.2) is 53.4 Å². The van der Waals surface area contributed by atoms with Crippen LogP contribution in [0.25, 0.3) is 0 Å². The van der Waals surface area contributed by atoms with E-state index >= 15 is 0 Å². The summed E-state index contributed by atoms with van der Waals surface area (Å²) in [6.07, 6.45) is 0. The van der Waals surface area contributed by atoms with E-state index in [0.717, 1.165) is 6.07 Å². The van der Waals surface area contributed by atoms with Gasteiger partial charge in [0, 0.05) is 32.8 Å². The number of rotatable bonds is 8. The molecule has 0 spiro atoms. The fourth-order valence-electron chi connectivity index (χ4n) is 3.20. The molecule has 162 valence electrons. The molecule has 0 saturated carbocycles. The average Bonchev–Trinajstić information content (AvgIpc) is 2.76. The number of carbonyl (C=O) groups is 1. The molecule has 0 unspecified atom stereocenters. The molecule has 0 N–H and O–H groups in total. The zero-order valence-electron chi connectivity index (χ0n) is 16.8. The van der Waals surface area contributed by atoms with E-state index in [4.69, 9.17) is 9.47 Å². The minimum absolute atomic E-state index is 0.0877. The molecule has 0 aromatic heterocycles. The van der Waals surface area contributed by atoms with Gasteiger partial charge in [-0.3, -0.25) is 4.79 Å². The summed E-state index contributed by atoms with van der Waals surface area (Å²) in [5.41, 5.74) is 0.426. The zero-order chi connectivity index (χ0) is 21.6. The predicted molar refractivity (Wildman–Crippen MR) is 109 cm³/mol. The topological polar surface area (TPSA) is 76.2 Å². The monoisotopic (exact) mass is 436 g/mol. The molecule has 1 heterocycles. The second kappa shape index (κ2) is 10.0. The van der Waals surface area contributed by atoms with Gasteiger partial charge in [-0.15, -0.1) is 0 Å². The summed E-state index contributed by atoms with van der Waals surface area (Å²) < 4.78 is 51.1. The van der Waals surface area contributed by atoms with E-state index in [1.165, 1.54) is 22.5 Å². The minimum Gasteiger partial charge on any atom is -0.490 e. The van der Waals surface area contributed by atoms with Gasteiger partial charge in [-0.1, -0.05) is 18.2 Å². The van der Waals surface area contributed by atoms with Gasteiger partial charge in [0.2, 0.25) is 10.0 Å². The second-order valence-corrected chi connectivity index (χ2v) is 8.63. The lowest BCUT2D eigenvalue weighted by Gasteiger charge is -2.34. The van der Waals surface area contributed by atoms with Crippen LogP contribution in [0.2, 0.25) is 0 Å². The standard InChI is InChI=1S/C21H25FN2O5S/c1-2-28-14-15-29-20-9-4-3-8-19(20)21(25)23-10-12-24(13-11-23)30(26,27)18-7-5-6-17(22)16-18/h3-9,16H,2,10-15H2,1H3. The molecule has 1 aliphatic rings. The molecule has 0 radical (unpaired) electrons. The molecular weight excluding hydrogens is 411 g/mol. The summed E-state index contributed by atoms with van der Waals surface area (Å²) in [4.78, 5) is 14.5. The number of nitrogens with zero attached hydrogens (tertiary/aromatic N) is 2. The fraction of sp³-hybridized carbons (Fsp3) is 0.381. The number of ether oxygens (including phenoxy) is 2. The van der Waals surface area contributed by atoms with Gasteiger partial charge in [0.25, 0.3) is 5.91 Å². The van der Waals surface area contributed by atoms with Crippen LogP contribution in [-0.2, 0) is 14.8 Å². The van der Waals surface area contributed by atoms with E-state index in [-0.39, 0.29) is 37.0 Å². The molecule has 3 rings (SSSR count). The maximum atomic E-state index is 13.4. The normalized spacial score (nSPS) is 15.2. The first-order valence-corrected chi connectivity index (χ1v) is 11.2. The molecular formula is C21H25FN2O5S. The first-order chi connectivity index (χ1) is 14.4. The Morgan fingerprint density at radius 3 is 2.47 bits per heavy atom. The molecule has 30 heavy (non-hydrogen) atoms. The van der Waals surface area contributed by atoms with Crippen molar-refractivity contribution in [3.63, 3.8) is 0 Å². The number of hydrogen-bond donors (Lipinski definition) is 0. The lowest BCUT2D eigenvalue weighted by atomic mass is 10.1. The van der Waals surface area contributed by atoms with E-state index in [2.05, 4.69) is 0 Å². The highest BCUT2D eigenvalue weighted by molar-refractivity contribution is 7.89. The quantitative estimate of drug-likeness (QED) is 0.594. The van der Waals surface area contributed by atoms with Crippen molar-refractivity contribution in [1.29, 1.82) is 0 Å². The maximum Gasteiger partial charge on any atom is 0.257 e. The summed E-state index contributed by atoms with van der Waals surface area (Å²) in [6, 6.07) is 11.9. The van der Waals surface area contributed by atoms with E-state index < -0.39 is 15.8 Å². The van der Waals surface area contributed by atoms with Crippen molar-refractivity contribution in [1.82, 2.24) is 9.21 Å².